The van der Waals surface area contributed by atoms with Gasteiger partial charge in [-0.3, -0.25) is 0 Å². The van der Waals surface area contributed by atoms with Gasteiger partial charge in [-0.2, -0.15) is 0 Å². The predicted molar refractivity (Wildman–Crippen MR) is 115 cm³/mol. The maximum atomic E-state index is 13.0. The molecule has 0 N–H and O–H groups in total. The normalized spacial score (nSPS) is 27.6. The van der Waals surface area contributed by atoms with Crippen molar-refractivity contribution in [2.45, 2.75) is 64.6 Å². The van der Waals surface area contributed by atoms with E-state index in [0.29, 0.717) is 24.4 Å². The van der Waals surface area contributed by atoms with Crippen molar-refractivity contribution in [1.82, 2.24) is 0 Å². The molecular weight excluding hydrogens is 416 g/mol. The van der Waals surface area contributed by atoms with Crippen molar-refractivity contribution < 1.29 is 38.0 Å². The van der Waals surface area contributed by atoms with Gasteiger partial charge >= 0.3 is 11.9 Å². The standard InChI is InChI=1S/C24H36O8/c1-5-29-13-31-17-11-7-9-15-19(17)20-16(10-8-12-18(20)32-14-30-6-2)22(24(26)28-4)21(15)23(25)27-3/h15-18H,5-14H2,1-4H3/t15-,16+,17-,18-/m0/s1. The van der Waals surface area contributed by atoms with Gasteiger partial charge in [-0.05, 0) is 63.5 Å². The van der Waals surface area contributed by atoms with Crippen LogP contribution in [0.2, 0.25) is 0 Å². The first-order valence-electron chi connectivity index (χ1n) is 11.6. The zero-order valence-corrected chi connectivity index (χ0v) is 19.6. The van der Waals surface area contributed by atoms with E-state index in [1.54, 1.807) is 0 Å². The summed E-state index contributed by atoms with van der Waals surface area (Å²) < 4.78 is 33.5. The Kier molecular flexibility index (Phi) is 9.28. The van der Waals surface area contributed by atoms with Crippen LogP contribution in [0.5, 0.6) is 0 Å². The summed E-state index contributed by atoms with van der Waals surface area (Å²) in [5.41, 5.74) is 2.93. The minimum absolute atomic E-state index is 0.181. The van der Waals surface area contributed by atoms with Crippen molar-refractivity contribution in [1.29, 1.82) is 0 Å². The molecule has 0 aromatic rings. The van der Waals surface area contributed by atoms with Crippen molar-refractivity contribution in [3.63, 3.8) is 0 Å². The van der Waals surface area contributed by atoms with Gasteiger partial charge in [0.2, 0.25) is 0 Å². The van der Waals surface area contributed by atoms with Crippen LogP contribution in [0, 0.1) is 11.8 Å². The molecule has 0 aliphatic heterocycles. The Labute approximate surface area is 190 Å². The number of esters is 2. The largest absolute Gasteiger partial charge is 0.466 e. The Bertz CT molecular complexity index is 680. The third-order valence-electron chi connectivity index (χ3n) is 6.61. The number of carbonyl (C=O) groups is 2. The Balaban J connectivity index is 2.11. The summed E-state index contributed by atoms with van der Waals surface area (Å²) in [6.07, 6.45) is 4.46. The molecule has 2 fully saturated rings. The van der Waals surface area contributed by atoms with E-state index in [0.717, 1.165) is 49.7 Å². The zero-order valence-electron chi connectivity index (χ0n) is 19.6. The lowest BCUT2D eigenvalue weighted by Gasteiger charge is -2.45. The summed E-state index contributed by atoms with van der Waals surface area (Å²) in [4.78, 5) is 25.9. The second kappa shape index (κ2) is 11.9. The first-order chi connectivity index (χ1) is 15.6. The number of rotatable bonds is 10. The summed E-state index contributed by atoms with van der Waals surface area (Å²) in [6, 6.07) is 0. The predicted octanol–water partition coefficient (Wildman–Crippen LogP) is 3.30. The van der Waals surface area contributed by atoms with Gasteiger partial charge in [0.25, 0.3) is 0 Å². The third kappa shape index (κ3) is 5.09. The monoisotopic (exact) mass is 452 g/mol. The number of hydrogen-bond acceptors (Lipinski definition) is 8. The van der Waals surface area contributed by atoms with Crippen LogP contribution < -0.4 is 0 Å². The van der Waals surface area contributed by atoms with E-state index in [2.05, 4.69) is 0 Å². The van der Waals surface area contributed by atoms with E-state index in [-0.39, 0.29) is 37.6 Å². The molecule has 0 amide bonds. The minimum atomic E-state index is -0.477. The van der Waals surface area contributed by atoms with E-state index in [9.17, 15) is 9.59 Å². The lowest BCUT2D eigenvalue weighted by Crippen LogP contribution is -2.43. The van der Waals surface area contributed by atoms with Crippen LogP contribution in [0.25, 0.3) is 0 Å². The molecule has 0 unspecified atom stereocenters. The fraction of sp³-hybridized carbons (Fsp3) is 0.750. The summed E-state index contributed by atoms with van der Waals surface area (Å²) in [5, 5.41) is 0. The van der Waals surface area contributed by atoms with Crippen LogP contribution in [0.4, 0.5) is 0 Å². The van der Waals surface area contributed by atoms with E-state index >= 15 is 0 Å². The molecule has 0 aromatic heterocycles. The Morgan fingerprint density at radius 3 is 1.47 bits per heavy atom. The van der Waals surface area contributed by atoms with Crippen LogP contribution in [-0.4, -0.2) is 65.2 Å². The zero-order chi connectivity index (χ0) is 23.1. The van der Waals surface area contributed by atoms with Gasteiger partial charge < -0.3 is 28.4 Å². The first kappa shape index (κ1) is 24.9. The van der Waals surface area contributed by atoms with Crippen molar-refractivity contribution in [3.05, 3.63) is 22.3 Å². The molecule has 8 heteroatoms. The van der Waals surface area contributed by atoms with Gasteiger partial charge in [0.05, 0.1) is 37.6 Å². The third-order valence-corrected chi connectivity index (χ3v) is 6.61. The molecule has 4 atom stereocenters. The topological polar surface area (TPSA) is 89.5 Å². The maximum Gasteiger partial charge on any atom is 0.334 e. The van der Waals surface area contributed by atoms with Crippen LogP contribution in [0.1, 0.15) is 52.4 Å². The molecule has 0 saturated heterocycles. The molecule has 3 rings (SSSR count). The van der Waals surface area contributed by atoms with E-state index in [1.165, 1.54) is 14.2 Å². The highest BCUT2D eigenvalue weighted by Gasteiger charge is 2.49. The molecular formula is C24H36O8. The van der Waals surface area contributed by atoms with Crippen molar-refractivity contribution in [2.24, 2.45) is 11.8 Å². The number of fused-ring (bicyclic) bond motifs is 2. The molecule has 2 saturated carbocycles. The average molecular weight is 453 g/mol. The first-order valence-corrected chi connectivity index (χ1v) is 11.6. The summed E-state index contributed by atoms with van der Waals surface area (Å²) in [6.45, 7) is 5.33. The Hall–Kier alpha value is -1.74. The highest BCUT2D eigenvalue weighted by atomic mass is 16.7. The molecule has 0 heterocycles. The summed E-state index contributed by atoms with van der Waals surface area (Å²) in [7, 11) is 2.70. The highest BCUT2D eigenvalue weighted by molar-refractivity contribution is 6.02. The molecule has 3 aliphatic carbocycles. The van der Waals surface area contributed by atoms with Gasteiger partial charge in [0, 0.05) is 25.0 Å². The van der Waals surface area contributed by atoms with Crippen LogP contribution in [-0.2, 0) is 38.0 Å². The quantitative estimate of drug-likeness (QED) is 0.216. The smallest absolute Gasteiger partial charge is 0.334 e. The minimum Gasteiger partial charge on any atom is -0.466 e. The lowest BCUT2D eigenvalue weighted by atomic mass is 9.62. The fourth-order valence-corrected chi connectivity index (χ4v) is 5.33. The average Bonchev–Trinajstić information content (AvgIpc) is 2.82. The maximum absolute atomic E-state index is 13.0. The summed E-state index contributed by atoms with van der Waals surface area (Å²) >= 11 is 0. The van der Waals surface area contributed by atoms with Gasteiger partial charge in [-0.1, -0.05) is 0 Å². The number of carbonyl (C=O) groups excluding carboxylic acids is 2. The Morgan fingerprint density at radius 2 is 1.12 bits per heavy atom. The van der Waals surface area contributed by atoms with E-state index in [4.69, 9.17) is 28.4 Å². The van der Waals surface area contributed by atoms with Crippen molar-refractivity contribution in [3.8, 4) is 0 Å². The Morgan fingerprint density at radius 1 is 0.719 bits per heavy atom. The van der Waals surface area contributed by atoms with Crippen LogP contribution >= 0.6 is 0 Å². The molecule has 0 radical (unpaired) electrons. The molecule has 3 aliphatic rings. The van der Waals surface area contributed by atoms with Gasteiger partial charge in [-0.25, -0.2) is 9.59 Å². The lowest BCUT2D eigenvalue weighted by molar-refractivity contribution is -0.141. The molecule has 0 bridgehead atoms. The van der Waals surface area contributed by atoms with Gasteiger partial charge in [0.15, 0.2) is 0 Å². The number of hydrogen-bond donors (Lipinski definition) is 0. The van der Waals surface area contributed by atoms with Gasteiger partial charge in [0.1, 0.15) is 13.6 Å². The molecule has 0 aromatic carbocycles. The van der Waals surface area contributed by atoms with E-state index < -0.39 is 11.9 Å². The second-order valence-corrected chi connectivity index (χ2v) is 8.22. The molecule has 8 nitrogen and oxygen atoms in total. The molecule has 32 heavy (non-hydrogen) atoms. The van der Waals surface area contributed by atoms with Crippen molar-refractivity contribution in [2.75, 3.05) is 41.0 Å². The van der Waals surface area contributed by atoms with Gasteiger partial charge in [-0.15, -0.1) is 0 Å². The summed E-state index contributed by atoms with van der Waals surface area (Å²) in [5.74, 6) is -1.48. The van der Waals surface area contributed by atoms with Crippen LogP contribution in [0.15, 0.2) is 22.3 Å². The molecule has 0 spiro atoms. The van der Waals surface area contributed by atoms with E-state index in [1.807, 2.05) is 13.8 Å². The number of ether oxygens (including phenoxy) is 6. The molecule has 180 valence electrons. The van der Waals surface area contributed by atoms with Crippen LogP contribution in [0.3, 0.4) is 0 Å². The van der Waals surface area contributed by atoms with Crippen molar-refractivity contribution >= 4 is 11.9 Å². The SMILES string of the molecule is CCOCO[C@H]1CCC[C@@H]2C(C(=O)OC)=C(C(=O)OC)[C@@H]3CCC[C@H](OCOCC)C3=C21. The second-order valence-electron chi connectivity index (χ2n) is 8.22. The number of methoxy groups -OCH3 is 2. The fourth-order valence-electron chi connectivity index (χ4n) is 5.33. The highest BCUT2D eigenvalue weighted by Crippen LogP contribution is 2.52.